The van der Waals surface area contributed by atoms with Crippen molar-refractivity contribution in [2.75, 3.05) is 26.2 Å². The highest BCUT2D eigenvalue weighted by Crippen LogP contribution is 2.66. The Labute approximate surface area is 229 Å². The molecule has 4 fully saturated rings. The van der Waals surface area contributed by atoms with Crippen molar-refractivity contribution in [1.29, 1.82) is 0 Å². The average molecular weight is 527 g/mol. The summed E-state index contributed by atoms with van der Waals surface area (Å²) in [5.74, 6) is 3.39. The Morgan fingerprint density at radius 2 is 1.95 bits per heavy atom. The van der Waals surface area contributed by atoms with Gasteiger partial charge in [-0.15, -0.1) is 0 Å². The first-order valence-corrected chi connectivity index (χ1v) is 15.3. The van der Waals surface area contributed by atoms with Crippen molar-refractivity contribution < 1.29 is 14.4 Å². The molecule has 1 aliphatic heterocycles. The molecule has 3 saturated carbocycles. The fourth-order valence-corrected chi connectivity index (χ4v) is 9.51. The van der Waals surface area contributed by atoms with Crippen LogP contribution in [0, 0.1) is 40.4 Å². The number of ketones is 1. The summed E-state index contributed by atoms with van der Waals surface area (Å²) in [5, 5.41) is 8.00. The molecule has 2 unspecified atom stereocenters. The summed E-state index contributed by atoms with van der Waals surface area (Å²) in [4.78, 5) is 32.4. The van der Waals surface area contributed by atoms with Crippen LogP contribution in [0.2, 0.25) is 0 Å². The summed E-state index contributed by atoms with van der Waals surface area (Å²) in [6.07, 6.45) is 12.5. The number of hydrogen-bond donors (Lipinski definition) is 2. The number of nitrogens with zero attached hydrogens (tertiary/aromatic N) is 2. The fourth-order valence-electron chi connectivity index (χ4n) is 9.51. The van der Waals surface area contributed by atoms with E-state index in [-0.39, 0.29) is 16.9 Å². The van der Waals surface area contributed by atoms with Crippen LogP contribution in [0.1, 0.15) is 91.9 Å². The van der Waals surface area contributed by atoms with Gasteiger partial charge in [0.15, 0.2) is 5.78 Å². The standard InChI is InChI=1S/C31H50N4O3/c1-20-11-16-33-28(20)12-17-35(18-15-32)29(37)38-34-21(2)25-7-8-26-24-6-5-22-19-23(36)9-13-30(22,3)27(24)10-14-31(25,26)4/h19-20,24-28,33H,5-18,32H2,1-4H3/b34-21+/t20?,24-,25+,26-,27-,28?,30-,31+/m0/s1. The van der Waals surface area contributed by atoms with Crippen molar-refractivity contribution >= 4 is 17.6 Å². The Morgan fingerprint density at radius 3 is 2.68 bits per heavy atom. The number of allylic oxidation sites excluding steroid dienone is 1. The molecular formula is C31H50N4O3. The second kappa shape index (κ2) is 11.0. The number of oxime groups is 1. The number of carbonyl (C=O) groups is 2. The molecule has 0 radical (unpaired) electrons. The van der Waals surface area contributed by atoms with E-state index in [1.54, 1.807) is 4.90 Å². The van der Waals surface area contributed by atoms with Crippen molar-refractivity contribution in [1.82, 2.24) is 10.2 Å². The topological polar surface area (TPSA) is 97.0 Å². The normalized spacial score (nSPS) is 40.7. The van der Waals surface area contributed by atoms with E-state index in [9.17, 15) is 9.59 Å². The molecule has 0 aromatic heterocycles. The lowest BCUT2D eigenvalue weighted by Crippen LogP contribution is -2.51. The van der Waals surface area contributed by atoms with Crippen molar-refractivity contribution in [3.8, 4) is 0 Å². The van der Waals surface area contributed by atoms with E-state index in [1.807, 2.05) is 6.08 Å². The third-order valence-electron chi connectivity index (χ3n) is 11.8. The Balaban J connectivity index is 1.23. The summed E-state index contributed by atoms with van der Waals surface area (Å²) in [6, 6.07) is 0.446. The minimum atomic E-state index is -0.379. The second-order valence-electron chi connectivity index (χ2n) is 13.6. The molecule has 212 valence electrons. The maximum absolute atomic E-state index is 13.0. The molecule has 1 heterocycles. The molecular weight excluding hydrogens is 476 g/mol. The maximum atomic E-state index is 13.0. The summed E-state index contributed by atoms with van der Waals surface area (Å²) in [5.41, 5.74) is 8.61. The van der Waals surface area contributed by atoms with Crippen molar-refractivity contribution in [2.45, 2.75) is 97.9 Å². The zero-order valence-corrected chi connectivity index (χ0v) is 24.1. The zero-order valence-electron chi connectivity index (χ0n) is 24.1. The SMILES string of the molecule is C/C(=N\OC(=O)N(CCN)CCC1NCCC1C)[C@H]1CC[C@H]2[C@@H]3CCC4=CC(=O)CC[C@]4(C)[C@H]3CC[C@]12C. The highest BCUT2D eigenvalue weighted by atomic mass is 16.7. The van der Waals surface area contributed by atoms with Gasteiger partial charge in [-0.25, -0.2) is 4.79 Å². The number of carbonyl (C=O) groups excluding carboxylic acids is 2. The molecule has 5 rings (SSSR count). The molecule has 1 saturated heterocycles. The Morgan fingerprint density at radius 1 is 1.13 bits per heavy atom. The molecule has 4 aliphatic carbocycles. The minimum absolute atomic E-state index is 0.199. The van der Waals surface area contributed by atoms with E-state index in [4.69, 9.17) is 10.6 Å². The van der Waals surface area contributed by atoms with Gasteiger partial charge in [0, 0.05) is 38.0 Å². The second-order valence-corrected chi connectivity index (χ2v) is 13.6. The van der Waals surface area contributed by atoms with Gasteiger partial charge in [0.1, 0.15) is 0 Å². The van der Waals surface area contributed by atoms with Crippen LogP contribution in [0.4, 0.5) is 4.79 Å². The van der Waals surface area contributed by atoms with Crippen molar-refractivity contribution in [3.05, 3.63) is 11.6 Å². The highest BCUT2D eigenvalue weighted by molar-refractivity contribution is 5.91. The van der Waals surface area contributed by atoms with Gasteiger partial charge in [0.25, 0.3) is 0 Å². The van der Waals surface area contributed by atoms with E-state index in [1.165, 1.54) is 37.7 Å². The molecule has 7 heteroatoms. The Bertz CT molecular complexity index is 978. The fraction of sp³-hybridized carbons (Fsp3) is 0.839. The van der Waals surface area contributed by atoms with Gasteiger partial charge < -0.3 is 16.0 Å². The number of rotatable bonds is 7. The first-order chi connectivity index (χ1) is 18.2. The first-order valence-electron chi connectivity index (χ1n) is 15.3. The molecule has 1 amide bonds. The molecule has 8 atom stereocenters. The maximum Gasteiger partial charge on any atom is 0.436 e. The quantitative estimate of drug-likeness (QED) is 0.267. The van der Waals surface area contributed by atoms with Gasteiger partial charge in [0.2, 0.25) is 0 Å². The first kappa shape index (κ1) is 27.8. The molecule has 5 aliphatic rings. The highest BCUT2D eigenvalue weighted by Gasteiger charge is 2.59. The van der Waals surface area contributed by atoms with Crippen LogP contribution in [-0.2, 0) is 9.63 Å². The number of amides is 1. The van der Waals surface area contributed by atoms with Gasteiger partial charge in [-0.2, -0.15) is 0 Å². The lowest BCUT2D eigenvalue weighted by atomic mass is 9.46. The third-order valence-corrected chi connectivity index (χ3v) is 11.8. The molecule has 7 nitrogen and oxygen atoms in total. The van der Waals surface area contributed by atoms with Crippen LogP contribution in [0.25, 0.3) is 0 Å². The lowest BCUT2D eigenvalue weighted by molar-refractivity contribution is -0.117. The van der Waals surface area contributed by atoms with Gasteiger partial charge in [-0.1, -0.05) is 31.5 Å². The van der Waals surface area contributed by atoms with Crippen molar-refractivity contribution in [2.24, 2.45) is 51.3 Å². The molecule has 38 heavy (non-hydrogen) atoms. The number of nitrogens with two attached hydrogens (primary N) is 1. The summed E-state index contributed by atoms with van der Waals surface area (Å²) in [7, 11) is 0. The van der Waals surface area contributed by atoms with Gasteiger partial charge in [-0.05, 0) is 112 Å². The van der Waals surface area contributed by atoms with E-state index in [0.29, 0.717) is 61.6 Å². The van der Waals surface area contributed by atoms with Gasteiger partial charge in [0.05, 0.1) is 5.71 Å². The molecule has 0 aromatic carbocycles. The number of hydrogen-bond acceptors (Lipinski definition) is 6. The lowest BCUT2D eigenvalue weighted by Gasteiger charge is -2.58. The zero-order chi connectivity index (χ0) is 27.1. The van der Waals surface area contributed by atoms with Crippen LogP contribution < -0.4 is 11.1 Å². The molecule has 0 bridgehead atoms. The molecule has 3 N–H and O–H groups in total. The minimum Gasteiger partial charge on any atom is -0.329 e. The van der Waals surface area contributed by atoms with E-state index in [2.05, 4.69) is 38.2 Å². The van der Waals surface area contributed by atoms with Crippen LogP contribution >= 0.6 is 0 Å². The number of nitrogens with one attached hydrogen (secondary N) is 1. The Kier molecular flexibility index (Phi) is 8.08. The van der Waals surface area contributed by atoms with E-state index >= 15 is 0 Å². The van der Waals surface area contributed by atoms with Gasteiger partial charge in [-0.3, -0.25) is 9.63 Å². The molecule has 0 aromatic rings. The predicted octanol–water partition coefficient (Wildman–Crippen LogP) is 5.30. The summed E-state index contributed by atoms with van der Waals surface area (Å²) >= 11 is 0. The largest absolute Gasteiger partial charge is 0.436 e. The smallest absolute Gasteiger partial charge is 0.329 e. The predicted molar refractivity (Wildman–Crippen MR) is 151 cm³/mol. The summed E-state index contributed by atoms with van der Waals surface area (Å²) in [6.45, 7) is 11.8. The van der Waals surface area contributed by atoms with Crippen LogP contribution in [0.5, 0.6) is 0 Å². The van der Waals surface area contributed by atoms with Crippen LogP contribution in [0.15, 0.2) is 16.8 Å². The van der Waals surface area contributed by atoms with E-state index < -0.39 is 0 Å². The van der Waals surface area contributed by atoms with Crippen LogP contribution in [0.3, 0.4) is 0 Å². The summed E-state index contributed by atoms with van der Waals surface area (Å²) < 4.78 is 0. The average Bonchev–Trinajstić information content (AvgIpc) is 3.47. The van der Waals surface area contributed by atoms with Crippen LogP contribution in [-0.4, -0.2) is 54.7 Å². The van der Waals surface area contributed by atoms with Crippen molar-refractivity contribution in [3.63, 3.8) is 0 Å². The van der Waals surface area contributed by atoms with E-state index in [0.717, 1.165) is 43.9 Å². The third kappa shape index (κ3) is 4.98. The number of fused-ring (bicyclic) bond motifs is 5. The van der Waals surface area contributed by atoms with Gasteiger partial charge >= 0.3 is 6.09 Å². The monoisotopic (exact) mass is 526 g/mol. The Hall–Kier alpha value is -1.73. The molecule has 0 spiro atoms.